The molecule has 0 spiro atoms. The normalized spacial score (nSPS) is 17.4. The third kappa shape index (κ3) is 6.09. The summed E-state index contributed by atoms with van der Waals surface area (Å²) in [5, 5.41) is 8.29. The zero-order chi connectivity index (χ0) is 28.1. The first-order valence-corrected chi connectivity index (χ1v) is 15.8. The van der Waals surface area contributed by atoms with E-state index in [0.717, 1.165) is 63.1 Å². The molecule has 0 atom stereocenters. The molecular formula is C31H41N5O3S. The number of nitrogens with zero attached hydrogens (tertiary/aromatic N) is 3. The number of sulfonamides is 1. The third-order valence-corrected chi connectivity index (χ3v) is 9.94. The van der Waals surface area contributed by atoms with Crippen LogP contribution < -0.4 is 15.4 Å². The fourth-order valence-electron chi connectivity index (χ4n) is 5.73. The van der Waals surface area contributed by atoms with Crippen molar-refractivity contribution in [3.63, 3.8) is 0 Å². The van der Waals surface area contributed by atoms with Gasteiger partial charge in [-0.2, -0.15) is 4.31 Å². The maximum Gasteiger partial charge on any atom is 0.243 e. The quantitative estimate of drug-likeness (QED) is 0.383. The monoisotopic (exact) mass is 563 g/mol. The van der Waals surface area contributed by atoms with E-state index in [-0.39, 0.29) is 4.90 Å². The van der Waals surface area contributed by atoms with E-state index in [0.29, 0.717) is 31.4 Å². The van der Waals surface area contributed by atoms with E-state index < -0.39 is 10.0 Å². The summed E-state index contributed by atoms with van der Waals surface area (Å²) in [4.78, 5) is 2.65. The lowest BCUT2D eigenvalue weighted by atomic mass is 10.0. The standard InChI is InChI=1S/C31H41N5O3S/c1-4-36-25(22-27-28(11-8-12-30(27)36)33-24-15-20-34(2)21-16-24)10-9-17-32-29-14-13-26(23-31(29)39-3)40(37,38)35-18-6-5-7-19-35/h8,11-14,22-24,32-33H,4-7,15-21H2,1-3H3. The van der Waals surface area contributed by atoms with Crippen molar-refractivity contribution in [1.29, 1.82) is 0 Å². The van der Waals surface area contributed by atoms with Crippen LogP contribution in [0, 0.1) is 11.8 Å². The van der Waals surface area contributed by atoms with Gasteiger partial charge >= 0.3 is 0 Å². The van der Waals surface area contributed by atoms with Crippen molar-refractivity contribution in [2.45, 2.75) is 56.5 Å². The number of piperidine rings is 2. The van der Waals surface area contributed by atoms with Gasteiger partial charge in [-0.25, -0.2) is 8.42 Å². The van der Waals surface area contributed by atoms with Crippen LogP contribution in [0.3, 0.4) is 0 Å². The maximum atomic E-state index is 13.1. The average Bonchev–Trinajstić information content (AvgIpc) is 3.35. The maximum absolute atomic E-state index is 13.1. The predicted octanol–water partition coefficient (Wildman–Crippen LogP) is 4.81. The van der Waals surface area contributed by atoms with Crippen LogP contribution in [0.4, 0.5) is 11.4 Å². The molecule has 2 aromatic carbocycles. The number of hydrogen-bond acceptors (Lipinski definition) is 6. The molecule has 40 heavy (non-hydrogen) atoms. The number of rotatable bonds is 8. The van der Waals surface area contributed by atoms with Crippen LogP contribution in [-0.2, 0) is 16.6 Å². The molecule has 3 heterocycles. The molecule has 0 amide bonds. The van der Waals surface area contributed by atoms with Crippen LogP contribution in [-0.4, -0.2) is 75.1 Å². The average molecular weight is 564 g/mol. The first-order valence-electron chi connectivity index (χ1n) is 14.4. The Morgan fingerprint density at radius 2 is 1.77 bits per heavy atom. The summed E-state index contributed by atoms with van der Waals surface area (Å²) < 4.78 is 35.5. The van der Waals surface area contributed by atoms with Gasteiger partial charge in [0.25, 0.3) is 0 Å². The van der Waals surface area contributed by atoms with E-state index in [1.165, 1.54) is 16.6 Å². The minimum absolute atomic E-state index is 0.264. The summed E-state index contributed by atoms with van der Waals surface area (Å²) in [6.07, 6.45) is 5.18. The number of hydrogen-bond donors (Lipinski definition) is 2. The van der Waals surface area contributed by atoms with E-state index in [9.17, 15) is 8.42 Å². The second-order valence-electron chi connectivity index (χ2n) is 10.7. The molecule has 0 aliphatic carbocycles. The largest absolute Gasteiger partial charge is 0.495 e. The molecule has 2 fully saturated rings. The second-order valence-corrected chi connectivity index (χ2v) is 12.7. The van der Waals surface area contributed by atoms with Crippen molar-refractivity contribution < 1.29 is 13.2 Å². The van der Waals surface area contributed by atoms with Gasteiger partial charge < -0.3 is 24.8 Å². The SMILES string of the molecule is CCn1c(C#CCNc2ccc(S(=O)(=O)N3CCCCC3)cc2OC)cc2c(NC3CCN(C)CC3)cccc21. The van der Waals surface area contributed by atoms with Crippen LogP contribution in [0.2, 0.25) is 0 Å². The Morgan fingerprint density at radius 3 is 2.50 bits per heavy atom. The highest BCUT2D eigenvalue weighted by atomic mass is 32.2. The second kappa shape index (κ2) is 12.5. The first kappa shape index (κ1) is 28.3. The Bertz CT molecular complexity index is 1490. The molecule has 8 nitrogen and oxygen atoms in total. The predicted molar refractivity (Wildman–Crippen MR) is 163 cm³/mol. The fourth-order valence-corrected chi connectivity index (χ4v) is 7.27. The van der Waals surface area contributed by atoms with Crippen molar-refractivity contribution in [3.8, 4) is 17.6 Å². The van der Waals surface area contributed by atoms with E-state index in [2.05, 4.69) is 70.2 Å². The van der Waals surface area contributed by atoms with Gasteiger partial charge in [-0.05, 0) is 89.0 Å². The Kier molecular flexibility index (Phi) is 8.89. The number of aryl methyl sites for hydroxylation is 1. The first-order chi connectivity index (χ1) is 19.4. The molecule has 0 bridgehead atoms. The van der Waals surface area contributed by atoms with E-state index >= 15 is 0 Å². The molecule has 0 radical (unpaired) electrons. The molecule has 1 aromatic heterocycles. The molecule has 5 rings (SSSR count). The fraction of sp³-hybridized carbons (Fsp3) is 0.484. The van der Waals surface area contributed by atoms with E-state index in [4.69, 9.17) is 4.74 Å². The number of benzene rings is 2. The van der Waals surface area contributed by atoms with E-state index in [1.807, 2.05) is 0 Å². The topological polar surface area (TPSA) is 78.8 Å². The molecule has 2 aliphatic rings. The molecule has 2 aliphatic heterocycles. The highest BCUT2D eigenvalue weighted by molar-refractivity contribution is 7.89. The van der Waals surface area contributed by atoms with Crippen molar-refractivity contribution in [2.75, 3.05) is 57.5 Å². The summed E-state index contributed by atoms with van der Waals surface area (Å²) in [7, 11) is 0.219. The smallest absolute Gasteiger partial charge is 0.243 e. The van der Waals surface area contributed by atoms with Crippen molar-refractivity contribution in [1.82, 2.24) is 13.8 Å². The van der Waals surface area contributed by atoms with Gasteiger partial charge in [0.2, 0.25) is 10.0 Å². The molecule has 2 saturated heterocycles. The number of methoxy groups -OCH3 is 1. The Labute approximate surface area is 238 Å². The molecular weight excluding hydrogens is 522 g/mol. The van der Waals surface area contributed by atoms with Gasteiger partial charge in [0.1, 0.15) is 5.75 Å². The third-order valence-electron chi connectivity index (χ3n) is 8.05. The van der Waals surface area contributed by atoms with Gasteiger partial charge in [-0.3, -0.25) is 0 Å². The molecule has 0 saturated carbocycles. The van der Waals surface area contributed by atoms with Crippen LogP contribution in [0.25, 0.3) is 10.9 Å². The minimum Gasteiger partial charge on any atom is -0.495 e. The zero-order valence-electron chi connectivity index (χ0n) is 23.9. The van der Waals surface area contributed by atoms with Crippen LogP contribution >= 0.6 is 0 Å². The summed E-state index contributed by atoms with van der Waals surface area (Å²) in [6, 6.07) is 14.1. The number of likely N-dealkylation sites (tertiary alicyclic amines) is 1. The van der Waals surface area contributed by atoms with Crippen LogP contribution in [0.15, 0.2) is 47.4 Å². The Hall–Kier alpha value is -3.19. The number of ether oxygens (including phenoxy) is 1. The van der Waals surface area contributed by atoms with Crippen molar-refractivity contribution in [3.05, 3.63) is 48.2 Å². The molecule has 0 unspecified atom stereocenters. The highest BCUT2D eigenvalue weighted by Crippen LogP contribution is 2.31. The highest BCUT2D eigenvalue weighted by Gasteiger charge is 2.26. The summed E-state index contributed by atoms with van der Waals surface area (Å²) in [5.74, 6) is 7.09. The van der Waals surface area contributed by atoms with Gasteiger partial charge in [0.05, 0.1) is 35.4 Å². The number of nitrogens with one attached hydrogen (secondary N) is 2. The van der Waals surface area contributed by atoms with Gasteiger partial charge in [0, 0.05) is 42.8 Å². The minimum atomic E-state index is -3.52. The number of anilines is 2. The van der Waals surface area contributed by atoms with Gasteiger partial charge in [0.15, 0.2) is 0 Å². The molecule has 214 valence electrons. The number of aromatic nitrogens is 1. The lowest BCUT2D eigenvalue weighted by Crippen LogP contribution is -2.36. The van der Waals surface area contributed by atoms with Gasteiger partial charge in [-0.1, -0.05) is 18.4 Å². The summed E-state index contributed by atoms with van der Waals surface area (Å²) >= 11 is 0. The Balaban J connectivity index is 1.30. The zero-order valence-corrected chi connectivity index (χ0v) is 24.7. The Morgan fingerprint density at radius 1 is 1.00 bits per heavy atom. The van der Waals surface area contributed by atoms with Crippen molar-refractivity contribution in [2.24, 2.45) is 0 Å². The lowest BCUT2D eigenvalue weighted by molar-refractivity contribution is 0.264. The molecule has 9 heteroatoms. The summed E-state index contributed by atoms with van der Waals surface area (Å²) in [6.45, 7) is 6.77. The van der Waals surface area contributed by atoms with Crippen molar-refractivity contribution >= 4 is 32.3 Å². The summed E-state index contributed by atoms with van der Waals surface area (Å²) in [5.41, 5.74) is 4.05. The van der Waals surface area contributed by atoms with Crippen LogP contribution in [0.1, 0.15) is 44.7 Å². The molecule has 3 aromatic rings. The number of fused-ring (bicyclic) bond motifs is 1. The molecule has 2 N–H and O–H groups in total. The lowest BCUT2D eigenvalue weighted by Gasteiger charge is -2.30. The van der Waals surface area contributed by atoms with E-state index in [1.54, 1.807) is 29.6 Å². The van der Waals surface area contributed by atoms with Gasteiger partial charge in [-0.15, -0.1) is 0 Å². The van der Waals surface area contributed by atoms with Crippen LogP contribution in [0.5, 0.6) is 5.75 Å².